The standard InChI is InChI=1S/C22H25N3OS/c1-2-6-19-18(5-1)20(24-15-17-4-3-12-26-17)14-22(19)7-10-25(11-8-22)16-21-23-9-13-27-21/h1-6,9,12-13,20,24H,7-8,10-11,14-16H2/t20-/m0/s1. The summed E-state index contributed by atoms with van der Waals surface area (Å²) in [6.45, 7) is 4.09. The number of hydrogen-bond acceptors (Lipinski definition) is 5. The average molecular weight is 380 g/mol. The number of nitrogens with zero attached hydrogens (tertiary/aromatic N) is 2. The van der Waals surface area contributed by atoms with Gasteiger partial charge in [-0.1, -0.05) is 24.3 Å². The highest BCUT2D eigenvalue weighted by Gasteiger charge is 2.45. The van der Waals surface area contributed by atoms with E-state index in [4.69, 9.17) is 4.42 Å². The summed E-state index contributed by atoms with van der Waals surface area (Å²) in [6, 6.07) is 13.5. The van der Waals surface area contributed by atoms with Crippen LogP contribution in [0.15, 0.2) is 58.7 Å². The summed E-state index contributed by atoms with van der Waals surface area (Å²) in [5.74, 6) is 1.01. The number of benzene rings is 1. The van der Waals surface area contributed by atoms with Gasteiger partial charge in [0.05, 0.1) is 19.4 Å². The van der Waals surface area contributed by atoms with Crippen LogP contribution in [-0.2, 0) is 18.5 Å². The molecule has 0 amide bonds. The molecule has 0 unspecified atom stereocenters. The van der Waals surface area contributed by atoms with Crippen molar-refractivity contribution in [3.63, 3.8) is 0 Å². The molecule has 2 aliphatic rings. The average Bonchev–Trinajstić information content (AvgIpc) is 3.45. The molecule has 4 nitrogen and oxygen atoms in total. The molecule has 3 heterocycles. The van der Waals surface area contributed by atoms with Gasteiger partial charge in [-0.3, -0.25) is 4.90 Å². The Balaban J connectivity index is 1.30. The zero-order valence-electron chi connectivity index (χ0n) is 15.4. The van der Waals surface area contributed by atoms with Gasteiger partial charge in [0.25, 0.3) is 0 Å². The summed E-state index contributed by atoms with van der Waals surface area (Å²) < 4.78 is 5.51. The van der Waals surface area contributed by atoms with Gasteiger partial charge in [0.15, 0.2) is 0 Å². The molecule has 3 aromatic rings. The van der Waals surface area contributed by atoms with Crippen LogP contribution in [0.25, 0.3) is 0 Å². The molecule has 1 aromatic carbocycles. The van der Waals surface area contributed by atoms with E-state index in [-0.39, 0.29) is 0 Å². The van der Waals surface area contributed by atoms with Crippen LogP contribution in [0.2, 0.25) is 0 Å². The Hall–Kier alpha value is -1.95. The Morgan fingerprint density at radius 1 is 1.19 bits per heavy atom. The number of furan rings is 1. The van der Waals surface area contributed by atoms with E-state index >= 15 is 0 Å². The molecule has 27 heavy (non-hydrogen) atoms. The van der Waals surface area contributed by atoms with Crippen molar-refractivity contribution in [1.29, 1.82) is 0 Å². The van der Waals surface area contributed by atoms with Crippen LogP contribution in [0, 0.1) is 0 Å². The Kier molecular flexibility index (Phi) is 4.60. The van der Waals surface area contributed by atoms with Gasteiger partial charge >= 0.3 is 0 Å². The van der Waals surface area contributed by atoms with E-state index in [0.717, 1.165) is 31.9 Å². The zero-order chi connectivity index (χ0) is 18.1. The lowest BCUT2D eigenvalue weighted by Crippen LogP contribution is -2.41. The molecule has 0 saturated carbocycles. The van der Waals surface area contributed by atoms with Crippen LogP contribution >= 0.6 is 11.3 Å². The van der Waals surface area contributed by atoms with Gasteiger partial charge in [0.2, 0.25) is 0 Å². The van der Waals surface area contributed by atoms with Crippen LogP contribution in [0.3, 0.4) is 0 Å². The fourth-order valence-corrected chi connectivity index (χ4v) is 5.51. The predicted molar refractivity (Wildman–Crippen MR) is 108 cm³/mol. The normalized spacial score (nSPS) is 21.6. The summed E-state index contributed by atoms with van der Waals surface area (Å²) in [6.07, 6.45) is 7.31. The van der Waals surface area contributed by atoms with E-state index in [0.29, 0.717) is 11.5 Å². The number of thiazole rings is 1. The molecule has 1 N–H and O–H groups in total. The minimum atomic E-state index is 0.316. The lowest BCUT2D eigenvalue weighted by Gasteiger charge is -2.40. The Morgan fingerprint density at radius 3 is 2.85 bits per heavy atom. The summed E-state index contributed by atoms with van der Waals surface area (Å²) in [7, 11) is 0. The molecule has 1 atom stereocenters. The van der Waals surface area contributed by atoms with E-state index in [9.17, 15) is 0 Å². The third-order valence-electron chi connectivity index (χ3n) is 6.26. The lowest BCUT2D eigenvalue weighted by molar-refractivity contribution is 0.146. The van der Waals surface area contributed by atoms with Gasteiger partial charge in [-0.05, 0) is 61.0 Å². The zero-order valence-corrected chi connectivity index (χ0v) is 16.3. The first-order chi connectivity index (χ1) is 13.3. The van der Waals surface area contributed by atoms with Crippen molar-refractivity contribution in [3.8, 4) is 0 Å². The molecule has 1 fully saturated rings. The van der Waals surface area contributed by atoms with Crippen molar-refractivity contribution >= 4 is 11.3 Å². The van der Waals surface area contributed by atoms with Gasteiger partial charge in [0, 0.05) is 17.6 Å². The lowest BCUT2D eigenvalue weighted by atomic mass is 9.73. The number of piperidine rings is 1. The van der Waals surface area contributed by atoms with Crippen LogP contribution < -0.4 is 5.32 Å². The van der Waals surface area contributed by atoms with Gasteiger partial charge in [-0.25, -0.2) is 4.98 Å². The maximum atomic E-state index is 5.51. The second-order valence-corrected chi connectivity index (χ2v) is 8.77. The molecule has 1 aliphatic carbocycles. The summed E-state index contributed by atoms with van der Waals surface area (Å²) >= 11 is 1.76. The molecule has 1 spiro atoms. The molecule has 5 rings (SSSR count). The summed E-state index contributed by atoms with van der Waals surface area (Å²) in [5, 5.41) is 7.05. The number of nitrogens with one attached hydrogen (secondary N) is 1. The molecular formula is C22H25N3OS. The van der Waals surface area contributed by atoms with Gasteiger partial charge < -0.3 is 9.73 Å². The first-order valence-corrected chi connectivity index (χ1v) is 10.7. The predicted octanol–water partition coefficient (Wildman–Crippen LogP) is 4.50. The van der Waals surface area contributed by atoms with E-state index in [1.165, 1.54) is 29.8 Å². The molecular weight excluding hydrogens is 354 g/mol. The van der Waals surface area contributed by atoms with Crippen molar-refractivity contribution in [2.45, 2.75) is 43.8 Å². The molecule has 1 saturated heterocycles. The van der Waals surface area contributed by atoms with E-state index in [1.807, 2.05) is 18.3 Å². The second kappa shape index (κ2) is 7.23. The maximum absolute atomic E-state index is 5.51. The molecule has 0 bridgehead atoms. The monoisotopic (exact) mass is 379 g/mol. The highest BCUT2D eigenvalue weighted by atomic mass is 32.1. The van der Waals surface area contributed by atoms with E-state index in [1.54, 1.807) is 23.2 Å². The highest BCUT2D eigenvalue weighted by Crippen LogP contribution is 2.50. The van der Waals surface area contributed by atoms with Crippen LogP contribution in [0.1, 0.15) is 47.2 Å². The van der Waals surface area contributed by atoms with Crippen molar-refractivity contribution in [2.75, 3.05) is 13.1 Å². The number of aromatic nitrogens is 1. The quantitative estimate of drug-likeness (QED) is 0.708. The SMILES string of the molecule is c1coc(CN[C@H]2CC3(CCN(Cc4nccs4)CC3)c3ccccc32)c1. The van der Waals surface area contributed by atoms with Gasteiger partial charge in [0.1, 0.15) is 10.8 Å². The maximum Gasteiger partial charge on any atom is 0.117 e. The summed E-state index contributed by atoms with van der Waals surface area (Å²) in [4.78, 5) is 7.02. The van der Waals surface area contributed by atoms with Crippen molar-refractivity contribution in [2.24, 2.45) is 0 Å². The highest BCUT2D eigenvalue weighted by molar-refractivity contribution is 7.09. The van der Waals surface area contributed by atoms with Crippen LogP contribution in [0.4, 0.5) is 0 Å². The molecule has 1 aliphatic heterocycles. The first-order valence-electron chi connectivity index (χ1n) is 9.78. The first kappa shape index (κ1) is 17.2. The second-order valence-electron chi connectivity index (χ2n) is 7.79. The van der Waals surface area contributed by atoms with Crippen LogP contribution in [0.5, 0.6) is 0 Å². The number of fused-ring (bicyclic) bond motifs is 2. The smallest absolute Gasteiger partial charge is 0.117 e. The van der Waals surface area contributed by atoms with Crippen molar-refractivity contribution in [3.05, 3.63) is 76.1 Å². The third-order valence-corrected chi connectivity index (χ3v) is 7.03. The molecule has 2 aromatic heterocycles. The topological polar surface area (TPSA) is 41.3 Å². The Bertz CT molecular complexity index is 867. The van der Waals surface area contributed by atoms with Gasteiger partial charge in [-0.2, -0.15) is 0 Å². The van der Waals surface area contributed by atoms with Crippen LogP contribution in [-0.4, -0.2) is 23.0 Å². The summed E-state index contributed by atoms with van der Waals surface area (Å²) in [5.41, 5.74) is 3.37. The molecule has 140 valence electrons. The fourth-order valence-electron chi connectivity index (χ4n) is 4.85. The van der Waals surface area contributed by atoms with E-state index < -0.39 is 0 Å². The minimum Gasteiger partial charge on any atom is -0.468 e. The van der Waals surface area contributed by atoms with Crippen molar-refractivity contribution in [1.82, 2.24) is 15.2 Å². The Labute approximate surface area is 164 Å². The fraction of sp³-hybridized carbons (Fsp3) is 0.409. The van der Waals surface area contributed by atoms with Gasteiger partial charge in [-0.15, -0.1) is 11.3 Å². The number of rotatable bonds is 5. The number of hydrogen-bond donors (Lipinski definition) is 1. The van der Waals surface area contributed by atoms with E-state index in [2.05, 4.69) is 44.8 Å². The largest absolute Gasteiger partial charge is 0.468 e. The molecule has 5 heteroatoms. The minimum absolute atomic E-state index is 0.316. The third kappa shape index (κ3) is 3.35. The number of likely N-dealkylation sites (tertiary alicyclic amines) is 1. The Morgan fingerprint density at radius 2 is 2.07 bits per heavy atom. The molecule has 0 radical (unpaired) electrons. The van der Waals surface area contributed by atoms with Crippen molar-refractivity contribution < 1.29 is 4.42 Å².